The van der Waals surface area contributed by atoms with Crippen LogP contribution in [0.4, 0.5) is 0 Å². The van der Waals surface area contributed by atoms with E-state index in [0.29, 0.717) is 17.8 Å². The Hall–Kier alpha value is -3.61. The predicted octanol–water partition coefficient (Wildman–Crippen LogP) is 2.36. The first kappa shape index (κ1) is 15.9. The maximum absolute atomic E-state index is 12.4. The summed E-state index contributed by atoms with van der Waals surface area (Å²) in [5, 5.41) is 7.03. The molecule has 3 aromatic heterocycles. The summed E-state index contributed by atoms with van der Waals surface area (Å²) in [6, 6.07) is 11.4. The van der Waals surface area contributed by atoms with Gasteiger partial charge in [0, 0.05) is 37.7 Å². The molecule has 1 amide bonds. The molecule has 1 N–H and O–H groups in total. The van der Waals surface area contributed by atoms with E-state index in [1.807, 2.05) is 43.4 Å². The fourth-order valence-corrected chi connectivity index (χ4v) is 2.72. The van der Waals surface area contributed by atoms with Crippen LogP contribution in [0.2, 0.25) is 0 Å². The van der Waals surface area contributed by atoms with Crippen LogP contribution in [-0.2, 0) is 13.6 Å². The van der Waals surface area contributed by atoms with Crippen molar-refractivity contribution in [1.29, 1.82) is 0 Å². The number of fused-ring (bicyclic) bond motifs is 1. The van der Waals surface area contributed by atoms with Gasteiger partial charge in [-0.3, -0.25) is 19.4 Å². The summed E-state index contributed by atoms with van der Waals surface area (Å²) < 4.78 is 1.78. The number of para-hydroxylation sites is 2. The van der Waals surface area contributed by atoms with Gasteiger partial charge in [-0.15, -0.1) is 0 Å². The van der Waals surface area contributed by atoms with Crippen LogP contribution < -0.4 is 5.32 Å². The first-order valence-corrected chi connectivity index (χ1v) is 8.13. The summed E-state index contributed by atoms with van der Waals surface area (Å²) in [6.07, 6.45) is 6.73. The highest BCUT2D eigenvalue weighted by atomic mass is 16.1. The van der Waals surface area contributed by atoms with E-state index in [1.54, 1.807) is 23.3 Å². The van der Waals surface area contributed by atoms with Gasteiger partial charge in [-0.05, 0) is 29.8 Å². The molecule has 0 atom stereocenters. The molecule has 0 radical (unpaired) electrons. The van der Waals surface area contributed by atoms with E-state index >= 15 is 0 Å². The van der Waals surface area contributed by atoms with Gasteiger partial charge in [-0.1, -0.05) is 12.1 Å². The molecule has 0 aliphatic rings. The van der Waals surface area contributed by atoms with Gasteiger partial charge in [-0.2, -0.15) is 5.10 Å². The molecule has 0 spiro atoms. The lowest BCUT2D eigenvalue weighted by Gasteiger charge is -2.07. The third-order valence-electron chi connectivity index (χ3n) is 4.05. The second-order valence-electron chi connectivity index (χ2n) is 5.85. The third-order valence-corrected chi connectivity index (χ3v) is 4.05. The molecule has 26 heavy (non-hydrogen) atoms. The zero-order chi connectivity index (χ0) is 17.9. The summed E-state index contributed by atoms with van der Waals surface area (Å²) in [5.74, 6) is -0.269. The SMILES string of the molecule is Cn1nccc1-c1cncc(CNC(=O)c2cnc3ccccc3n2)c1. The van der Waals surface area contributed by atoms with Crippen LogP contribution in [0.1, 0.15) is 16.1 Å². The molecule has 7 heteroatoms. The average molecular weight is 344 g/mol. The van der Waals surface area contributed by atoms with Crippen molar-refractivity contribution in [3.05, 3.63) is 72.4 Å². The van der Waals surface area contributed by atoms with Gasteiger partial charge < -0.3 is 5.32 Å². The summed E-state index contributed by atoms with van der Waals surface area (Å²) in [6.45, 7) is 0.353. The molecular formula is C19H16N6O. The molecule has 3 heterocycles. The van der Waals surface area contributed by atoms with Gasteiger partial charge in [0.25, 0.3) is 5.91 Å². The van der Waals surface area contributed by atoms with Gasteiger partial charge in [-0.25, -0.2) is 4.98 Å². The number of carbonyl (C=O) groups is 1. The number of carbonyl (C=O) groups excluding carboxylic acids is 1. The fourth-order valence-electron chi connectivity index (χ4n) is 2.72. The first-order valence-electron chi connectivity index (χ1n) is 8.13. The number of aryl methyl sites for hydroxylation is 1. The van der Waals surface area contributed by atoms with Gasteiger partial charge in [0.2, 0.25) is 0 Å². The Balaban J connectivity index is 1.49. The maximum Gasteiger partial charge on any atom is 0.271 e. The van der Waals surface area contributed by atoms with E-state index < -0.39 is 0 Å². The van der Waals surface area contributed by atoms with Crippen molar-refractivity contribution in [3.63, 3.8) is 0 Å². The Morgan fingerprint density at radius 3 is 2.77 bits per heavy atom. The first-order chi connectivity index (χ1) is 12.7. The van der Waals surface area contributed by atoms with Crippen LogP contribution in [0.25, 0.3) is 22.3 Å². The second kappa shape index (κ2) is 6.72. The minimum atomic E-state index is -0.269. The molecule has 0 saturated carbocycles. The predicted molar refractivity (Wildman–Crippen MR) is 97.1 cm³/mol. The molecule has 0 aliphatic heterocycles. The normalized spacial score (nSPS) is 10.8. The molecule has 0 unspecified atom stereocenters. The Labute approximate surface area is 149 Å². The molecule has 7 nitrogen and oxygen atoms in total. The molecule has 0 aliphatic carbocycles. The molecule has 0 fully saturated rings. The Kier molecular flexibility index (Phi) is 4.10. The third kappa shape index (κ3) is 3.14. The van der Waals surface area contributed by atoms with Crippen LogP contribution in [0, 0.1) is 0 Å². The zero-order valence-electron chi connectivity index (χ0n) is 14.1. The topological polar surface area (TPSA) is 85.6 Å². The Morgan fingerprint density at radius 2 is 1.96 bits per heavy atom. The number of nitrogens with zero attached hydrogens (tertiary/aromatic N) is 5. The summed E-state index contributed by atoms with van der Waals surface area (Å²) in [5.41, 5.74) is 4.55. The number of rotatable bonds is 4. The van der Waals surface area contributed by atoms with E-state index in [4.69, 9.17) is 0 Å². The van der Waals surface area contributed by atoms with Crippen molar-refractivity contribution in [3.8, 4) is 11.3 Å². The van der Waals surface area contributed by atoms with Gasteiger partial charge in [0.05, 0.1) is 22.9 Å². The maximum atomic E-state index is 12.4. The minimum Gasteiger partial charge on any atom is -0.347 e. The quantitative estimate of drug-likeness (QED) is 0.614. The van der Waals surface area contributed by atoms with Crippen LogP contribution >= 0.6 is 0 Å². The van der Waals surface area contributed by atoms with E-state index in [1.165, 1.54) is 6.20 Å². The molecule has 4 rings (SSSR count). The Bertz CT molecular complexity index is 1090. The minimum absolute atomic E-state index is 0.269. The molecule has 128 valence electrons. The monoisotopic (exact) mass is 344 g/mol. The van der Waals surface area contributed by atoms with E-state index in [2.05, 4.69) is 25.4 Å². The average Bonchev–Trinajstić information content (AvgIpc) is 3.12. The van der Waals surface area contributed by atoms with Gasteiger partial charge >= 0.3 is 0 Å². The standard InChI is InChI=1S/C19H16N6O/c1-25-18(6-7-23-25)14-8-13(9-20-11-14)10-22-19(26)17-12-21-15-4-2-3-5-16(15)24-17/h2-9,11-12H,10H2,1H3,(H,22,26). The molecule has 0 saturated heterocycles. The largest absolute Gasteiger partial charge is 0.347 e. The van der Waals surface area contributed by atoms with Gasteiger partial charge in [0.1, 0.15) is 5.69 Å². The smallest absolute Gasteiger partial charge is 0.271 e. The summed E-state index contributed by atoms with van der Waals surface area (Å²) >= 11 is 0. The number of aromatic nitrogens is 5. The molecule has 4 aromatic rings. The van der Waals surface area contributed by atoms with Crippen LogP contribution in [0.3, 0.4) is 0 Å². The molecule has 1 aromatic carbocycles. The number of pyridine rings is 1. The fraction of sp³-hybridized carbons (Fsp3) is 0.105. The molecular weight excluding hydrogens is 328 g/mol. The van der Waals surface area contributed by atoms with E-state index in [9.17, 15) is 4.79 Å². The Morgan fingerprint density at radius 1 is 1.12 bits per heavy atom. The van der Waals surface area contributed by atoms with Crippen molar-refractivity contribution < 1.29 is 4.79 Å². The lowest BCUT2D eigenvalue weighted by molar-refractivity contribution is 0.0946. The zero-order valence-corrected chi connectivity index (χ0v) is 14.1. The number of hydrogen-bond donors (Lipinski definition) is 1. The summed E-state index contributed by atoms with van der Waals surface area (Å²) in [7, 11) is 1.88. The van der Waals surface area contributed by atoms with Crippen molar-refractivity contribution in [2.75, 3.05) is 0 Å². The van der Waals surface area contributed by atoms with E-state index in [0.717, 1.165) is 22.3 Å². The highest BCUT2D eigenvalue weighted by Crippen LogP contribution is 2.18. The highest BCUT2D eigenvalue weighted by Gasteiger charge is 2.10. The lowest BCUT2D eigenvalue weighted by Crippen LogP contribution is -2.24. The highest BCUT2D eigenvalue weighted by molar-refractivity contribution is 5.93. The number of amides is 1. The van der Waals surface area contributed by atoms with Crippen molar-refractivity contribution in [2.45, 2.75) is 6.54 Å². The number of benzene rings is 1. The molecule has 0 bridgehead atoms. The second-order valence-corrected chi connectivity index (χ2v) is 5.85. The van der Waals surface area contributed by atoms with Crippen LogP contribution in [-0.4, -0.2) is 30.6 Å². The number of nitrogens with one attached hydrogen (secondary N) is 1. The van der Waals surface area contributed by atoms with Crippen LogP contribution in [0.15, 0.2) is 61.2 Å². The lowest BCUT2D eigenvalue weighted by atomic mass is 10.1. The van der Waals surface area contributed by atoms with E-state index in [-0.39, 0.29) is 5.91 Å². The van der Waals surface area contributed by atoms with Crippen molar-refractivity contribution >= 4 is 16.9 Å². The van der Waals surface area contributed by atoms with Crippen molar-refractivity contribution in [1.82, 2.24) is 30.0 Å². The van der Waals surface area contributed by atoms with Gasteiger partial charge in [0.15, 0.2) is 0 Å². The van der Waals surface area contributed by atoms with Crippen molar-refractivity contribution in [2.24, 2.45) is 7.05 Å². The van der Waals surface area contributed by atoms with Crippen LogP contribution in [0.5, 0.6) is 0 Å². The number of hydrogen-bond acceptors (Lipinski definition) is 5. The summed E-state index contributed by atoms with van der Waals surface area (Å²) in [4.78, 5) is 25.3.